The SMILES string of the molecule is BrC1(Br)C=Cc2ccccc2O1. The summed E-state index contributed by atoms with van der Waals surface area (Å²) >= 11 is 6.74. The van der Waals surface area contributed by atoms with Crippen molar-refractivity contribution in [1.82, 2.24) is 0 Å². The van der Waals surface area contributed by atoms with E-state index in [4.69, 9.17) is 4.74 Å². The average Bonchev–Trinajstić information content (AvgIpc) is 2.02. The number of rotatable bonds is 0. The Morgan fingerprint density at radius 1 is 1.17 bits per heavy atom. The van der Waals surface area contributed by atoms with Crippen LogP contribution >= 0.6 is 31.9 Å². The van der Waals surface area contributed by atoms with Gasteiger partial charge in [0, 0.05) is 5.56 Å². The molecule has 0 atom stereocenters. The molecule has 0 unspecified atom stereocenters. The first-order chi connectivity index (χ1) is 5.67. The molecule has 3 heteroatoms. The van der Waals surface area contributed by atoms with Crippen LogP contribution in [0.3, 0.4) is 0 Å². The second-order valence-electron chi connectivity index (χ2n) is 2.54. The highest BCUT2D eigenvalue weighted by atomic mass is 79.9. The van der Waals surface area contributed by atoms with Crippen molar-refractivity contribution in [2.45, 2.75) is 3.42 Å². The summed E-state index contributed by atoms with van der Waals surface area (Å²) in [5.41, 5.74) is 1.10. The lowest BCUT2D eigenvalue weighted by atomic mass is 10.1. The van der Waals surface area contributed by atoms with Crippen molar-refractivity contribution in [3.63, 3.8) is 0 Å². The van der Waals surface area contributed by atoms with E-state index in [9.17, 15) is 0 Å². The van der Waals surface area contributed by atoms with Gasteiger partial charge in [0.15, 0.2) is 0 Å². The summed E-state index contributed by atoms with van der Waals surface area (Å²) in [4.78, 5) is 0. The van der Waals surface area contributed by atoms with E-state index in [1.54, 1.807) is 0 Å². The Kier molecular flexibility index (Phi) is 2.00. The molecule has 0 saturated heterocycles. The van der Waals surface area contributed by atoms with Gasteiger partial charge >= 0.3 is 0 Å². The smallest absolute Gasteiger partial charge is 0.237 e. The Morgan fingerprint density at radius 3 is 2.75 bits per heavy atom. The maximum Gasteiger partial charge on any atom is 0.237 e. The van der Waals surface area contributed by atoms with E-state index in [1.165, 1.54) is 0 Å². The molecule has 1 aromatic rings. The van der Waals surface area contributed by atoms with E-state index in [0.717, 1.165) is 11.3 Å². The van der Waals surface area contributed by atoms with Crippen molar-refractivity contribution in [3.8, 4) is 5.75 Å². The Labute approximate surface area is 87.7 Å². The zero-order valence-corrected chi connectivity index (χ0v) is 9.30. The number of halogens is 2. The third-order valence-electron chi connectivity index (χ3n) is 1.62. The minimum atomic E-state index is -0.533. The zero-order chi connectivity index (χ0) is 8.60. The Balaban J connectivity index is 2.46. The molecule has 1 nitrogen and oxygen atoms in total. The van der Waals surface area contributed by atoms with Crippen LogP contribution in [0.4, 0.5) is 0 Å². The minimum Gasteiger partial charge on any atom is -0.462 e. The van der Waals surface area contributed by atoms with Gasteiger partial charge in [-0.3, -0.25) is 0 Å². The van der Waals surface area contributed by atoms with Crippen molar-refractivity contribution >= 4 is 37.9 Å². The zero-order valence-electron chi connectivity index (χ0n) is 6.13. The van der Waals surface area contributed by atoms with E-state index in [1.807, 2.05) is 36.4 Å². The van der Waals surface area contributed by atoms with Gasteiger partial charge in [0.25, 0.3) is 0 Å². The van der Waals surface area contributed by atoms with Crippen LogP contribution in [0.2, 0.25) is 0 Å². The summed E-state index contributed by atoms with van der Waals surface area (Å²) in [6, 6.07) is 7.90. The first-order valence-corrected chi connectivity index (χ1v) is 5.11. The number of para-hydroxylation sites is 1. The highest BCUT2D eigenvalue weighted by molar-refractivity contribution is 9.25. The van der Waals surface area contributed by atoms with Gasteiger partial charge < -0.3 is 4.74 Å². The monoisotopic (exact) mass is 288 g/mol. The predicted molar refractivity (Wildman–Crippen MR) is 56.7 cm³/mol. The summed E-state index contributed by atoms with van der Waals surface area (Å²) in [5, 5.41) is 0. The third-order valence-corrected chi connectivity index (χ3v) is 2.47. The standard InChI is InChI=1S/C9H6Br2O/c10-9(11)6-5-7-3-1-2-4-8(7)12-9/h1-6H. The largest absolute Gasteiger partial charge is 0.462 e. The summed E-state index contributed by atoms with van der Waals surface area (Å²) in [5.74, 6) is 0.883. The first kappa shape index (κ1) is 8.32. The van der Waals surface area contributed by atoms with Crippen LogP contribution in [0.25, 0.3) is 6.08 Å². The van der Waals surface area contributed by atoms with Crippen molar-refractivity contribution in [3.05, 3.63) is 35.9 Å². The molecule has 0 amide bonds. The molecular weight excluding hydrogens is 284 g/mol. The molecule has 12 heavy (non-hydrogen) atoms. The number of ether oxygens (including phenoxy) is 1. The van der Waals surface area contributed by atoms with E-state index < -0.39 is 3.42 Å². The van der Waals surface area contributed by atoms with Crippen molar-refractivity contribution < 1.29 is 4.74 Å². The molecule has 0 fully saturated rings. The van der Waals surface area contributed by atoms with Crippen LogP contribution in [-0.2, 0) is 0 Å². The fourth-order valence-corrected chi connectivity index (χ4v) is 1.69. The maximum atomic E-state index is 5.57. The van der Waals surface area contributed by atoms with Crippen molar-refractivity contribution in [2.75, 3.05) is 0 Å². The fraction of sp³-hybridized carbons (Fsp3) is 0.111. The molecule has 0 N–H and O–H groups in total. The van der Waals surface area contributed by atoms with Crippen molar-refractivity contribution in [1.29, 1.82) is 0 Å². The van der Waals surface area contributed by atoms with Crippen LogP contribution in [0.1, 0.15) is 5.56 Å². The molecule has 0 bridgehead atoms. The second kappa shape index (κ2) is 2.89. The van der Waals surface area contributed by atoms with Crippen LogP contribution in [0, 0.1) is 0 Å². The number of fused-ring (bicyclic) bond motifs is 1. The van der Waals surface area contributed by atoms with Crippen LogP contribution in [0.15, 0.2) is 30.3 Å². The number of hydrogen-bond acceptors (Lipinski definition) is 1. The Bertz CT molecular complexity index is 331. The fourth-order valence-electron chi connectivity index (χ4n) is 1.08. The van der Waals surface area contributed by atoms with Gasteiger partial charge in [-0.25, -0.2) is 0 Å². The highest BCUT2D eigenvalue weighted by Crippen LogP contribution is 2.38. The van der Waals surface area contributed by atoms with Gasteiger partial charge in [-0.15, -0.1) is 0 Å². The van der Waals surface area contributed by atoms with E-state index >= 15 is 0 Å². The van der Waals surface area contributed by atoms with Gasteiger partial charge in [0.05, 0.1) is 0 Å². The van der Waals surface area contributed by atoms with Crippen LogP contribution in [0.5, 0.6) is 5.75 Å². The molecule has 0 aromatic heterocycles. The maximum absolute atomic E-state index is 5.57. The average molecular weight is 290 g/mol. The number of alkyl halides is 2. The molecule has 0 saturated carbocycles. The Hall–Kier alpha value is -0.280. The number of hydrogen-bond donors (Lipinski definition) is 0. The lowest BCUT2D eigenvalue weighted by Crippen LogP contribution is -2.19. The second-order valence-corrected chi connectivity index (χ2v) is 5.96. The lowest BCUT2D eigenvalue weighted by molar-refractivity contribution is 0.312. The molecule has 2 rings (SSSR count). The highest BCUT2D eigenvalue weighted by Gasteiger charge is 2.24. The minimum absolute atomic E-state index is 0.533. The van der Waals surface area contributed by atoms with Gasteiger partial charge in [0.2, 0.25) is 3.42 Å². The van der Waals surface area contributed by atoms with Gasteiger partial charge in [-0.1, -0.05) is 18.2 Å². The molecule has 62 valence electrons. The van der Waals surface area contributed by atoms with E-state index in [0.29, 0.717) is 0 Å². The van der Waals surface area contributed by atoms with Gasteiger partial charge in [0.1, 0.15) is 5.75 Å². The topological polar surface area (TPSA) is 9.23 Å². The molecule has 0 aliphatic carbocycles. The molecule has 1 aliphatic heterocycles. The summed E-state index contributed by atoms with van der Waals surface area (Å²) < 4.78 is 5.03. The summed E-state index contributed by atoms with van der Waals surface area (Å²) in [6.07, 6.45) is 3.93. The lowest BCUT2D eigenvalue weighted by Gasteiger charge is -2.23. The summed E-state index contributed by atoms with van der Waals surface area (Å²) in [7, 11) is 0. The molecule has 1 aromatic carbocycles. The normalized spacial score (nSPS) is 18.2. The number of benzene rings is 1. The van der Waals surface area contributed by atoms with Crippen LogP contribution in [-0.4, -0.2) is 3.42 Å². The molecule has 0 radical (unpaired) electrons. The van der Waals surface area contributed by atoms with E-state index in [-0.39, 0.29) is 0 Å². The van der Waals surface area contributed by atoms with Gasteiger partial charge in [-0.05, 0) is 50.1 Å². The molecule has 1 heterocycles. The van der Waals surface area contributed by atoms with E-state index in [2.05, 4.69) is 31.9 Å². The van der Waals surface area contributed by atoms with Gasteiger partial charge in [-0.2, -0.15) is 0 Å². The quantitative estimate of drug-likeness (QED) is 0.664. The molecular formula is C9H6Br2O. The molecule has 0 spiro atoms. The van der Waals surface area contributed by atoms with Crippen molar-refractivity contribution in [2.24, 2.45) is 0 Å². The predicted octanol–water partition coefficient (Wildman–Crippen LogP) is 3.54. The third kappa shape index (κ3) is 1.57. The molecule has 1 aliphatic rings. The Morgan fingerprint density at radius 2 is 1.92 bits per heavy atom. The summed E-state index contributed by atoms with van der Waals surface area (Å²) in [6.45, 7) is 0. The first-order valence-electron chi connectivity index (χ1n) is 3.52. The van der Waals surface area contributed by atoms with Crippen LogP contribution < -0.4 is 4.74 Å².